The van der Waals surface area contributed by atoms with Gasteiger partial charge in [-0.15, -0.1) is 0 Å². The molecule has 2 atom stereocenters. The number of halogens is 1. The molecule has 0 saturated carbocycles. The van der Waals surface area contributed by atoms with Crippen molar-refractivity contribution in [1.29, 1.82) is 0 Å². The molecule has 2 aliphatic rings. The summed E-state index contributed by atoms with van der Waals surface area (Å²) in [5.74, 6) is 1.28. The molecule has 29 heavy (non-hydrogen) atoms. The molecule has 5 rings (SSSR count). The SMILES string of the molecule is COc1cc2c(cc1OC)[C@H]1c3ccccc3N[C@@H](c3ccc(F)cc3)N1CC2. The highest BCUT2D eigenvalue weighted by atomic mass is 19.1. The quantitative estimate of drug-likeness (QED) is 0.689. The maximum Gasteiger partial charge on any atom is 0.161 e. The Morgan fingerprint density at radius 3 is 2.41 bits per heavy atom. The second kappa shape index (κ2) is 7.08. The van der Waals surface area contributed by atoms with Gasteiger partial charge in [-0.25, -0.2) is 4.39 Å². The van der Waals surface area contributed by atoms with E-state index in [0.717, 1.165) is 35.7 Å². The van der Waals surface area contributed by atoms with Gasteiger partial charge in [-0.1, -0.05) is 30.3 Å². The molecule has 0 aliphatic carbocycles. The first kappa shape index (κ1) is 18.0. The maximum absolute atomic E-state index is 13.5. The summed E-state index contributed by atoms with van der Waals surface area (Å²) in [6.07, 6.45) is 0.880. The normalized spacial score (nSPS) is 20.1. The minimum absolute atomic E-state index is 0.0308. The van der Waals surface area contributed by atoms with Crippen LogP contribution < -0.4 is 14.8 Å². The second-order valence-corrected chi connectivity index (χ2v) is 7.48. The van der Waals surface area contributed by atoms with Gasteiger partial charge in [0.05, 0.1) is 20.3 Å². The number of rotatable bonds is 3. The van der Waals surface area contributed by atoms with E-state index in [1.807, 2.05) is 18.2 Å². The van der Waals surface area contributed by atoms with Crippen LogP contribution in [0.25, 0.3) is 0 Å². The van der Waals surface area contributed by atoms with E-state index in [1.165, 1.54) is 28.8 Å². The number of para-hydroxylation sites is 1. The lowest BCUT2D eigenvalue weighted by Crippen LogP contribution is -2.45. The van der Waals surface area contributed by atoms with Crippen molar-refractivity contribution in [1.82, 2.24) is 4.90 Å². The molecule has 1 N–H and O–H groups in total. The van der Waals surface area contributed by atoms with Crippen LogP contribution in [0.2, 0.25) is 0 Å². The Hall–Kier alpha value is -3.05. The largest absolute Gasteiger partial charge is 0.493 e. The Bertz CT molecular complexity index is 1050. The fraction of sp³-hybridized carbons (Fsp3) is 0.250. The smallest absolute Gasteiger partial charge is 0.161 e. The summed E-state index contributed by atoms with van der Waals surface area (Å²) >= 11 is 0. The van der Waals surface area contributed by atoms with E-state index in [4.69, 9.17) is 9.47 Å². The van der Waals surface area contributed by atoms with Crippen LogP contribution >= 0.6 is 0 Å². The Balaban J connectivity index is 1.67. The molecule has 0 fully saturated rings. The highest BCUT2D eigenvalue weighted by Gasteiger charge is 2.39. The molecule has 4 nitrogen and oxygen atoms in total. The summed E-state index contributed by atoms with van der Waals surface area (Å²) < 4.78 is 24.6. The van der Waals surface area contributed by atoms with Crippen molar-refractivity contribution in [2.45, 2.75) is 18.6 Å². The van der Waals surface area contributed by atoms with E-state index in [9.17, 15) is 4.39 Å². The van der Waals surface area contributed by atoms with Crippen LogP contribution in [-0.4, -0.2) is 25.7 Å². The molecule has 2 heterocycles. The van der Waals surface area contributed by atoms with E-state index < -0.39 is 0 Å². The molecule has 0 radical (unpaired) electrons. The zero-order chi connectivity index (χ0) is 20.0. The molecule has 3 aromatic rings. The van der Waals surface area contributed by atoms with E-state index in [1.54, 1.807) is 14.2 Å². The Labute approximate surface area is 169 Å². The summed E-state index contributed by atoms with van der Waals surface area (Å²) in [5.41, 5.74) is 5.90. The predicted molar refractivity (Wildman–Crippen MR) is 111 cm³/mol. The van der Waals surface area contributed by atoms with Gasteiger partial charge in [0.2, 0.25) is 0 Å². The zero-order valence-corrected chi connectivity index (χ0v) is 16.5. The van der Waals surface area contributed by atoms with Crippen LogP contribution in [0.5, 0.6) is 11.5 Å². The number of nitrogens with zero attached hydrogens (tertiary/aromatic N) is 1. The first-order valence-electron chi connectivity index (χ1n) is 9.81. The van der Waals surface area contributed by atoms with Crippen molar-refractivity contribution in [2.75, 3.05) is 26.1 Å². The molecular weight excluding hydrogens is 367 g/mol. The third kappa shape index (κ3) is 2.93. The summed E-state index contributed by atoms with van der Waals surface area (Å²) in [6, 6.07) is 19.5. The molecule has 3 aromatic carbocycles. The van der Waals surface area contributed by atoms with Gasteiger partial charge in [0, 0.05) is 12.2 Å². The fourth-order valence-corrected chi connectivity index (χ4v) is 4.61. The number of anilines is 1. The molecule has 0 spiro atoms. The van der Waals surface area contributed by atoms with Gasteiger partial charge in [0.15, 0.2) is 11.5 Å². The number of nitrogens with one attached hydrogen (secondary N) is 1. The zero-order valence-electron chi connectivity index (χ0n) is 16.5. The third-order valence-electron chi connectivity index (χ3n) is 5.98. The molecule has 0 unspecified atom stereocenters. The molecule has 0 saturated heterocycles. The van der Waals surface area contributed by atoms with Gasteiger partial charge >= 0.3 is 0 Å². The van der Waals surface area contributed by atoms with Crippen LogP contribution in [-0.2, 0) is 6.42 Å². The number of hydrogen-bond donors (Lipinski definition) is 1. The van der Waals surface area contributed by atoms with E-state index in [-0.39, 0.29) is 18.0 Å². The highest BCUT2D eigenvalue weighted by Crippen LogP contribution is 2.48. The van der Waals surface area contributed by atoms with Crippen LogP contribution in [0.3, 0.4) is 0 Å². The van der Waals surface area contributed by atoms with Gasteiger partial charge < -0.3 is 14.8 Å². The summed E-state index contributed by atoms with van der Waals surface area (Å²) in [6.45, 7) is 0.885. The maximum atomic E-state index is 13.5. The van der Waals surface area contributed by atoms with Gasteiger partial charge in [-0.2, -0.15) is 0 Å². The van der Waals surface area contributed by atoms with Gasteiger partial charge in [-0.05, 0) is 59.0 Å². The Kier molecular flexibility index (Phi) is 4.40. The van der Waals surface area contributed by atoms with Gasteiger partial charge in [0.25, 0.3) is 0 Å². The lowest BCUT2D eigenvalue weighted by Gasteiger charge is -2.47. The lowest BCUT2D eigenvalue weighted by molar-refractivity contribution is 0.153. The molecule has 0 bridgehead atoms. The number of methoxy groups -OCH3 is 2. The predicted octanol–water partition coefficient (Wildman–Crippen LogP) is 4.91. The average molecular weight is 390 g/mol. The van der Waals surface area contributed by atoms with Crippen LogP contribution in [0.4, 0.5) is 10.1 Å². The monoisotopic (exact) mass is 390 g/mol. The van der Waals surface area contributed by atoms with E-state index >= 15 is 0 Å². The minimum Gasteiger partial charge on any atom is -0.493 e. The van der Waals surface area contributed by atoms with Gasteiger partial charge in [-0.3, -0.25) is 4.90 Å². The minimum atomic E-state index is -0.220. The molecule has 0 aromatic heterocycles. The lowest BCUT2D eigenvalue weighted by atomic mass is 9.84. The van der Waals surface area contributed by atoms with E-state index in [2.05, 4.69) is 40.5 Å². The number of hydrogen-bond acceptors (Lipinski definition) is 4. The van der Waals surface area contributed by atoms with Crippen LogP contribution in [0.15, 0.2) is 60.7 Å². The highest BCUT2D eigenvalue weighted by molar-refractivity contribution is 5.61. The van der Waals surface area contributed by atoms with Crippen LogP contribution in [0.1, 0.15) is 34.5 Å². The van der Waals surface area contributed by atoms with Crippen molar-refractivity contribution in [3.8, 4) is 11.5 Å². The summed E-state index contributed by atoms with van der Waals surface area (Å²) in [7, 11) is 3.34. The second-order valence-electron chi connectivity index (χ2n) is 7.48. The number of fused-ring (bicyclic) bond motifs is 5. The van der Waals surface area contributed by atoms with Crippen molar-refractivity contribution in [2.24, 2.45) is 0 Å². The van der Waals surface area contributed by atoms with Crippen molar-refractivity contribution >= 4 is 5.69 Å². The molecule has 0 amide bonds. The Morgan fingerprint density at radius 2 is 1.66 bits per heavy atom. The van der Waals surface area contributed by atoms with Crippen LogP contribution in [0, 0.1) is 5.82 Å². The summed E-state index contributed by atoms with van der Waals surface area (Å²) in [4.78, 5) is 2.45. The topological polar surface area (TPSA) is 33.7 Å². The van der Waals surface area contributed by atoms with E-state index in [0.29, 0.717) is 0 Å². The molecule has 5 heteroatoms. The Morgan fingerprint density at radius 1 is 0.931 bits per heavy atom. The first-order valence-corrected chi connectivity index (χ1v) is 9.81. The molecular formula is C24H23FN2O2. The number of ether oxygens (including phenoxy) is 2. The first-order chi connectivity index (χ1) is 14.2. The fourth-order valence-electron chi connectivity index (χ4n) is 4.61. The number of benzene rings is 3. The summed E-state index contributed by atoms with van der Waals surface area (Å²) in [5, 5.41) is 3.66. The third-order valence-corrected chi connectivity index (χ3v) is 5.98. The van der Waals surface area contributed by atoms with Crippen molar-refractivity contribution in [3.05, 3.63) is 88.7 Å². The molecule has 2 aliphatic heterocycles. The standard InChI is InChI=1S/C24H23FN2O2/c1-28-21-13-16-11-12-27-23(19(16)14-22(21)29-2)18-5-3-4-6-20(18)26-24(27)15-7-9-17(25)10-8-15/h3-10,13-14,23-24,26H,11-12H2,1-2H3/t23-,24-/m1/s1. The van der Waals surface area contributed by atoms with Crippen molar-refractivity contribution < 1.29 is 13.9 Å². The average Bonchev–Trinajstić information content (AvgIpc) is 2.77. The van der Waals surface area contributed by atoms with Crippen molar-refractivity contribution in [3.63, 3.8) is 0 Å². The van der Waals surface area contributed by atoms with Gasteiger partial charge in [0.1, 0.15) is 12.0 Å². The molecule has 148 valence electrons.